The van der Waals surface area contributed by atoms with E-state index in [0.717, 1.165) is 0 Å². The van der Waals surface area contributed by atoms with Gasteiger partial charge >= 0.3 is 11.9 Å². The van der Waals surface area contributed by atoms with E-state index < -0.39 is 23.8 Å². The van der Waals surface area contributed by atoms with Crippen LogP contribution >= 0.6 is 0 Å². The van der Waals surface area contributed by atoms with Gasteiger partial charge in [-0.3, -0.25) is 9.59 Å². The van der Waals surface area contributed by atoms with Crippen LogP contribution in [0.1, 0.15) is 35.1 Å². The van der Waals surface area contributed by atoms with E-state index in [0.29, 0.717) is 23.3 Å². The summed E-state index contributed by atoms with van der Waals surface area (Å²) in [4.78, 5) is 38.8. The number of carboxylic acids is 2. The monoisotopic (exact) mass is 504 g/mol. The zero-order valence-corrected chi connectivity index (χ0v) is 21.7. The van der Waals surface area contributed by atoms with Crippen molar-refractivity contribution in [3.05, 3.63) is 72.9 Å². The summed E-state index contributed by atoms with van der Waals surface area (Å²) in [5, 5.41) is 18.5. The predicted molar refractivity (Wildman–Crippen MR) is 112 cm³/mol. The maximum absolute atomic E-state index is 11.3. The van der Waals surface area contributed by atoms with E-state index in [-0.39, 0.29) is 19.5 Å². The van der Waals surface area contributed by atoms with Gasteiger partial charge in [-0.1, -0.05) is 0 Å². The number of hydrogen-bond acceptors (Lipinski definition) is 6. The molecule has 4 heterocycles. The molecule has 12 nitrogen and oxygen atoms in total. The van der Waals surface area contributed by atoms with Crippen molar-refractivity contribution in [2.75, 3.05) is 0 Å². The van der Waals surface area contributed by atoms with Crippen LogP contribution in [0.3, 0.4) is 0 Å². The molecule has 0 unspecified atom stereocenters. The third kappa shape index (κ3) is 5.43. The van der Waals surface area contributed by atoms with Crippen LogP contribution in [0.15, 0.2) is 49.6 Å². The normalized spacial score (nSPS) is 10.6. The fourth-order valence-electron chi connectivity index (χ4n) is 3.29. The summed E-state index contributed by atoms with van der Waals surface area (Å²) in [5.74, 6) is -1.68. The molecule has 0 fully saturated rings. The molecule has 0 saturated carbocycles. The molecular formula is C20H24N8O4Zn. The minimum absolute atomic E-state index is 0. The first-order valence-corrected chi connectivity index (χ1v) is 9.56. The van der Waals surface area contributed by atoms with Gasteiger partial charge in [0.15, 0.2) is 11.8 Å². The Morgan fingerprint density at radius 1 is 0.606 bits per heavy atom. The van der Waals surface area contributed by atoms with Gasteiger partial charge < -0.3 is 28.5 Å². The van der Waals surface area contributed by atoms with E-state index in [2.05, 4.69) is 19.9 Å². The van der Waals surface area contributed by atoms with Gasteiger partial charge in [-0.15, -0.1) is 0 Å². The molecule has 33 heavy (non-hydrogen) atoms. The van der Waals surface area contributed by atoms with E-state index in [4.69, 9.17) is 0 Å². The molecule has 4 rings (SSSR count). The van der Waals surface area contributed by atoms with Gasteiger partial charge in [0.1, 0.15) is 23.3 Å². The summed E-state index contributed by atoms with van der Waals surface area (Å²) in [5.41, 5.74) is 0. The second kappa shape index (κ2) is 10.8. The molecule has 13 heteroatoms. The number of imidazole rings is 4. The van der Waals surface area contributed by atoms with Gasteiger partial charge in [0.2, 0.25) is 0 Å². The Morgan fingerprint density at radius 2 is 0.818 bits per heavy atom. The molecule has 0 atom stereocenters. The number of carbonyl (C=O) groups is 2. The number of rotatable bonds is 6. The van der Waals surface area contributed by atoms with Gasteiger partial charge in [-0.25, -0.2) is 19.9 Å². The first-order valence-electron chi connectivity index (χ1n) is 9.56. The number of carboxylic acid groups (broad SMARTS) is 2. The Balaban J connectivity index is 0.000000227. The zero-order valence-electron chi connectivity index (χ0n) is 18.8. The molecule has 0 aliphatic heterocycles. The van der Waals surface area contributed by atoms with Crippen LogP contribution < -0.4 is 0 Å². The molecule has 0 bridgehead atoms. The molecule has 4 aromatic rings. The van der Waals surface area contributed by atoms with Gasteiger partial charge in [0.25, 0.3) is 0 Å². The minimum atomic E-state index is -0.955. The summed E-state index contributed by atoms with van der Waals surface area (Å²) >= 11 is 0. The smallest absolute Gasteiger partial charge is 0.321 e. The molecule has 2 N–H and O–H groups in total. The van der Waals surface area contributed by atoms with Crippen molar-refractivity contribution >= 4 is 11.9 Å². The molecule has 170 valence electrons. The Kier molecular flexibility index (Phi) is 8.41. The number of nitrogens with zero attached hydrogens (tertiary/aromatic N) is 8. The summed E-state index contributed by atoms with van der Waals surface area (Å²) in [7, 11) is 7.06. The first-order chi connectivity index (χ1) is 15.2. The summed E-state index contributed by atoms with van der Waals surface area (Å²) in [6, 6.07) is 0. The second-order valence-electron chi connectivity index (χ2n) is 7.13. The zero-order chi connectivity index (χ0) is 23.4. The van der Waals surface area contributed by atoms with Crippen LogP contribution in [-0.2, 0) is 57.3 Å². The van der Waals surface area contributed by atoms with Crippen LogP contribution in [0.5, 0.6) is 0 Å². The molecule has 0 aliphatic rings. The van der Waals surface area contributed by atoms with Gasteiger partial charge in [-0.05, 0) is 0 Å². The molecule has 0 aliphatic carbocycles. The van der Waals surface area contributed by atoms with E-state index in [1.807, 2.05) is 0 Å². The Morgan fingerprint density at radius 3 is 0.939 bits per heavy atom. The van der Waals surface area contributed by atoms with Gasteiger partial charge in [0, 0.05) is 97.2 Å². The van der Waals surface area contributed by atoms with Crippen LogP contribution in [0.25, 0.3) is 0 Å². The van der Waals surface area contributed by atoms with Crippen molar-refractivity contribution in [1.82, 2.24) is 38.2 Å². The second-order valence-corrected chi connectivity index (χ2v) is 7.13. The molecule has 0 amide bonds. The standard InChI is InChI=1S/2C10H12N4O2.Zn/c2*1-13-5-3-11-8(13)7(10(15)16)9-12-4-6-14(9)2;/h2*3-7H,1-2H3,(H,15,16);. The maximum atomic E-state index is 11.3. The molecule has 0 aromatic carbocycles. The van der Waals surface area contributed by atoms with Crippen LogP contribution in [-0.4, -0.2) is 60.4 Å². The average Bonchev–Trinajstić information content (AvgIpc) is 3.51. The van der Waals surface area contributed by atoms with E-state index in [9.17, 15) is 19.8 Å². The molecular weight excluding hydrogens is 482 g/mol. The van der Waals surface area contributed by atoms with Crippen molar-refractivity contribution < 1.29 is 39.3 Å². The quantitative estimate of drug-likeness (QED) is 0.365. The van der Waals surface area contributed by atoms with Crippen molar-refractivity contribution in [3.63, 3.8) is 0 Å². The number of hydrogen-bond donors (Lipinski definition) is 2. The topological polar surface area (TPSA) is 146 Å². The SMILES string of the molecule is Cn1ccnc1C(C(=O)O)c1nccn1C.Cn1ccnc1C(C(=O)O)c1nccn1C.[Zn]. The molecule has 0 saturated heterocycles. The van der Waals surface area contributed by atoms with Crippen molar-refractivity contribution in [2.24, 2.45) is 28.2 Å². The third-order valence-electron chi connectivity index (χ3n) is 4.96. The Labute approximate surface area is 202 Å². The average molecular weight is 506 g/mol. The van der Waals surface area contributed by atoms with E-state index in [1.165, 1.54) is 0 Å². The fraction of sp³-hybridized carbons (Fsp3) is 0.300. The molecule has 0 radical (unpaired) electrons. The number of aromatic nitrogens is 8. The minimum Gasteiger partial charge on any atom is -0.480 e. The largest absolute Gasteiger partial charge is 0.480 e. The van der Waals surface area contributed by atoms with Crippen molar-refractivity contribution in [2.45, 2.75) is 11.8 Å². The Bertz CT molecular complexity index is 1050. The van der Waals surface area contributed by atoms with Crippen LogP contribution in [0.2, 0.25) is 0 Å². The third-order valence-corrected chi connectivity index (χ3v) is 4.96. The van der Waals surface area contributed by atoms with Gasteiger partial charge in [-0.2, -0.15) is 0 Å². The molecule has 4 aromatic heterocycles. The molecule has 0 spiro atoms. The van der Waals surface area contributed by atoms with Gasteiger partial charge in [0.05, 0.1) is 0 Å². The fourth-order valence-corrected chi connectivity index (χ4v) is 3.29. The number of aliphatic carboxylic acids is 2. The first kappa shape index (κ1) is 25.7. The van der Waals surface area contributed by atoms with E-state index in [1.54, 1.807) is 96.0 Å². The predicted octanol–water partition coefficient (Wildman–Crippen LogP) is 0.738. The van der Waals surface area contributed by atoms with Crippen molar-refractivity contribution in [3.8, 4) is 0 Å². The van der Waals surface area contributed by atoms with E-state index >= 15 is 0 Å². The maximum Gasteiger partial charge on any atom is 0.321 e. The summed E-state index contributed by atoms with van der Waals surface area (Å²) in [6.45, 7) is 0. The van der Waals surface area contributed by atoms with Crippen LogP contribution in [0.4, 0.5) is 0 Å². The summed E-state index contributed by atoms with van der Waals surface area (Å²) in [6.07, 6.45) is 13.2. The summed E-state index contributed by atoms with van der Waals surface area (Å²) < 4.78 is 6.75. The van der Waals surface area contributed by atoms with Crippen molar-refractivity contribution in [1.29, 1.82) is 0 Å². The van der Waals surface area contributed by atoms with Crippen LogP contribution in [0, 0.1) is 0 Å². The Hall–Kier alpha value is -3.60. The number of aryl methyl sites for hydroxylation is 4.